The molecule has 1 saturated carbocycles. The maximum Gasteiger partial charge on any atom is 0.258 e. The zero-order chi connectivity index (χ0) is 21.2. The van der Waals surface area contributed by atoms with Crippen LogP contribution in [0.15, 0.2) is 41.9 Å². The number of anilines is 1. The molecule has 3 heterocycles. The van der Waals surface area contributed by atoms with Gasteiger partial charge < -0.3 is 4.90 Å². The SMILES string of the molecule is O=C(Nc1nccs1)c1cc([C@H]2CCN(C(=O)CC3CCCC3)C2)nc2ccccc12. The number of carbonyl (C=O) groups excluding carboxylic acids is 2. The first kappa shape index (κ1) is 20.1. The van der Waals surface area contributed by atoms with Crippen LogP contribution in [-0.4, -0.2) is 39.8 Å². The van der Waals surface area contributed by atoms with Crippen molar-refractivity contribution in [3.8, 4) is 0 Å². The summed E-state index contributed by atoms with van der Waals surface area (Å²) in [6.07, 6.45) is 8.13. The third kappa shape index (κ3) is 4.32. The highest BCUT2D eigenvalue weighted by Crippen LogP contribution is 2.32. The van der Waals surface area contributed by atoms with Crippen LogP contribution in [0.25, 0.3) is 10.9 Å². The van der Waals surface area contributed by atoms with Crippen LogP contribution >= 0.6 is 11.3 Å². The molecule has 0 bridgehead atoms. The Bertz CT molecular complexity index is 1090. The van der Waals surface area contributed by atoms with Crippen LogP contribution in [0.2, 0.25) is 0 Å². The lowest BCUT2D eigenvalue weighted by molar-refractivity contribution is -0.131. The van der Waals surface area contributed by atoms with Crippen molar-refractivity contribution in [2.24, 2.45) is 5.92 Å². The number of para-hydroxylation sites is 1. The van der Waals surface area contributed by atoms with Gasteiger partial charge in [0.05, 0.1) is 11.1 Å². The molecule has 0 radical (unpaired) electrons. The normalized spacial score (nSPS) is 19.2. The second-order valence-corrected chi connectivity index (χ2v) is 9.48. The first-order valence-corrected chi connectivity index (χ1v) is 11.9. The summed E-state index contributed by atoms with van der Waals surface area (Å²) >= 11 is 1.39. The lowest BCUT2D eigenvalue weighted by Crippen LogP contribution is -2.29. The first-order valence-electron chi connectivity index (χ1n) is 11.1. The smallest absolute Gasteiger partial charge is 0.258 e. The molecule has 7 heteroatoms. The van der Waals surface area contributed by atoms with Gasteiger partial charge in [-0.2, -0.15) is 0 Å². The third-order valence-corrected chi connectivity index (χ3v) is 7.22. The van der Waals surface area contributed by atoms with Crippen LogP contribution in [0, 0.1) is 5.92 Å². The lowest BCUT2D eigenvalue weighted by atomic mass is 9.99. The topological polar surface area (TPSA) is 75.2 Å². The highest BCUT2D eigenvalue weighted by atomic mass is 32.1. The minimum Gasteiger partial charge on any atom is -0.342 e. The van der Waals surface area contributed by atoms with Crippen LogP contribution in [0.5, 0.6) is 0 Å². The molecule has 1 atom stereocenters. The Kier molecular flexibility index (Phi) is 5.68. The van der Waals surface area contributed by atoms with Crippen molar-refractivity contribution >= 4 is 39.2 Å². The van der Waals surface area contributed by atoms with E-state index in [0.717, 1.165) is 29.6 Å². The number of hydrogen-bond donors (Lipinski definition) is 1. The van der Waals surface area contributed by atoms with Gasteiger partial charge in [0.2, 0.25) is 5.91 Å². The number of rotatable bonds is 5. The van der Waals surface area contributed by atoms with Crippen molar-refractivity contribution in [2.75, 3.05) is 18.4 Å². The molecule has 2 fully saturated rings. The second kappa shape index (κ2) is 8.75. The Morgan fingerprint density at radius 3 is 2.81 bits per heavy atom. The summed E-state index contributed by atoms with van der Waals surface area (Å²) in [6, 6.07) is 9.63. The Morgan fingerprint density at radius 2 is 2.00 bits per heavy atom. The molecule has 0 spiro atoms. The minimum absolute atomic E-state index is 0.156. The van der Waals surface area contributed by atoms with Crippen LogP contribution in [-0.2, 0) is 4.79 Å². The number of likely N-dealkylation sites (tertiary alicyclic amines) is 1. The van der Waals surface area contributed by atoms with Gasteiger partial charge in [0, 0.05) is 48.1 Å². The van der Waals surface area contributed by atoms with Crippen LogP contribution in [0.4, 0.5) is 5.13 Å². The number of amides is 2. The van der Waals surface area contributed by atoms with Crippen molar-refractivity contribution in [1.29, 1.82) is 0 Å². The number of fused-ring (bicyclic) bond motifs is 1. The molecule has 1 aliphatic heterocycles. The summed E-state index contributed by atoms with van der Waals surface area (Å²) in [5.74, 6) is 0.814. The summed E-state index contributed by atoms with van der Waals surface area (Å²) in [5.41, 5.74) is 2.30. The van der Waals surface area contributed by atoms with E-state index in [1.54, 1.807) is 6.20 Å². The fraction of sp³-hybridized carbons (Fsp3) is 0.417. The summed E-state index contributed by atoms with van der Waals surface area (Å²) < 4.78 is 0. The van der Waals surface area contributed by atoms with Crippen molar-refractivity contribution in [2.45, 2.75) is 44.4 Å². The molecule has 31 heavy (non-hydrogen) atoms. The van der Waals surface area contributed by atoms with Gasteiger partial charge in [-0.1, -0.05) is 31.0 Å². The van der Waals surface area contributed by atoms with Gasteiger partial charge in [0.25, 0.3) is 5.91 Å². The van der Waals surface area contributed by atoms with E-state index >= 15 is 0 Å². The first-order chi connectivity index (χ1) is 15.2. The molecule has 1 saturated heterocycles. The number of nitrogens with zero attached hydrogens (tertiary/aromatic N) is 3. The van der Waals surface area contributed by atoms with Crippen LogP contribution in [0.3, 0.4) is 0 Å². The zero-order valence-corrected chi connectivity index (χ0v) is 18.2. The van der Waals surface area contributed by atoms with E-state index < -0.39 is 0 Å². The minimum atomic E-state index is -0.179. The fourth-order valence-corrected chi connectivity index (χ4v) is 5.39. The summed E-state index contributed by atoms with van der Waals surface area (Å²) in [5, 5.41) is 6.13. The number of aromatic nitrogens is 2. The average Bonchev–Trinajstić information content (AvgIpc) is 3.55. The number of thiazole rings is 1. The van der Waals surface area contributed by atoms with E-state index in [2.05, 4.69) is 10.3 Å². The highest BCUT2D eigenvalue weighted by Gasteiger charge is 2.31. The Labute approximate surface area is 185 Å². The van der Waals surface area contributed by atoms with Gasteiger partial charge in [-0.05, 0) is 37.3 Å². The lowest BCUT2D eigenvalue weighted by Gasteiger charge is -2.19. The molecule has 2 aliphatic rings. The van der Waals surface area contributed by atoms with Gasteiger partial charge in [0.15, 0.2) is 5.13 Å². The van der Waals surface area contributed by atoms with Crippen molar-refractivity contribution in [3.05, 3.63) is 53.2 Å². The quantitative estimate of drug-likeness (QED) is 0.623. The third-order valence-electron chi connectivity index (χ3n) is 6.53. The molecule has 2 amide bonds. The number of benzene rings is 1. The van der Waals surface area contributed by atoms with E-state index in [1.807, 2.05) is 40.6 Å². The standard InChI is InChI=1S/C24H26N4O2S/c29-22(13-16-5-1-2-6-16)28-11-9-17(15-28)21-14-19(18-7-3-4-8-20(18)26-21)23(30)27-24-25-10-12-31-24/h3-4,7-8,10,12,14,16-17H,1-2,5-6,9,11,13,15H2,(H,25,27,30)/t17-/m0/s1. The molecule has 3 aromatic rings. The van der Waals surface area contributed by atoms with Crippen molar-refractivity contribution in [3.63, 3.8) is 0 Å². The number of hydrogen-bond acceptors (Lipinski definition) is 5. The van der Waals surface area contributed by atoms with Gasteiger partial charge in [-0.15, -0.1) is 11.3 Å². The number of nitrogens with one attached hydrogen (secondary N) is 1. The molecular weight excluding hydrogens is 408 g/mol. The largest absolute Gasteiger partial charge is 0.342 e. The Hall–Kier alpha value is -2.80. The molecule has 5 rings (SSSR count). The molecule has 6 nitrogen and oxygen atoms in total. The van der Waals surface area contributed by atoms with E-state index in [9.17, 15) is 9.59 Å². The second-order valence-electron chi connectivity index (χ2n) is 8.58. The van der Waals surface area contributed by atoms with E-state index in [1.165, 1.54) is 37.0 Å². The Morgan fingerprint density at radius 1 is 1.16 bits per heavy atom. The van der Waals surface area contributed by atoms with E-state index in [-0.39, 0.29) is 17.7 Å². The van der Waals surface area contributed by atoms with E-state index in [0.29, 0.717) is 29.6 Å². The highest BCUT2D eigenvalue weighted by molar-refractivity contribution is 7.13. The Balaban J connectivity index is 1.37. The molecular formula is C24H26N4O2S. The van der Waals surface area contributed by atoms with E-state index in [4.69, 9.17) is 4.98 Å². The van der Waals surface area contributed by atoms with Gasteiger partial charge in [-0.3, -0.25) is 19.9 Å². The molecule has 1 aromatic carbocycles. The molecule has 1 aliphatic carbocycles. The molecule has 1 N–H and O–H groups in total. The van der Waals surface area contributed by atoms with Gasteiger partial charge in [-0.25, -0.2) is 4.98 Å². The molecule has 0 unspecified atom stereocenters. The molecule has 2 aromatic heterocycles. The molecule has 160 valence electrons. The fourth-order valence-electron chi connectivity index (χ4n) is 4.86. The number of carbonyl (C=O) groups is 2. The maximum absolute atomic E-state index is 13.0. The average molecular weight is 435 g/mol. The summed E-state index contributed by atoms with van der Waals surface area (Å²) in [6.45, 7) is 1.45. The maximum atomic E-state index is 13.0. The van der Waals surface area contributed by atoms with Crippen molar-refractivity contribution < 1.29 is 9.59 Å². The monoisotopic (exact) mass is 434 g/mol. The predicted molar refractivity (Wildman–Crippen MR) is 122 cm³/mol. The summed E-state index contributed by atoms with van der Waals surface area (Å²) in [4.78, 5) is 36.8. The number of pyridine rings is 1. The van der Waals surface area contributed by atoms with Crippen molar-refractivity contribution in [1.82, 2.24) is 14.9 Å². The van der Waals surface area contributed by atoms with Crippen LogP contribution in [0.1, 0.15) is 60.5 Å². The summed E-state index contributed by atoms with van der Waals surface area (Å²) in [7, 11) is 0. The van der Waals surface area contributed by atoms with Gasteiger partial charge >= 0.3 is 0 Å². The predicted octanol–water partition coefficient (Wildman–Crippen LogP) is 4.84. The zero-order valence-electron chi connectivity index (χ0n) is 17.4. The van der Waals surface area contributed by atoms with Crippen LogP contribution < -0.4 is 5.32 Å². The van der Waals surface area contributed by atoms with Gasteiger partial charge in [0.1, 0.15) is 0 Å².